The van der Waals surface area contributed by atoms with E-state index < -0.39 is 4.75 Å². The average Bonchev–Trinajstić information content (AvgIpc) is 2.44. The minimum Gasteiger partial charge on any atom is -0.353 e. The fraction of sp³-hybridized carbons (Fsp3) is 0.467. The molecule has 0 saturated carbocycles. The van der Waals surface area contributed by atoms with Crippen molar-refractivity contribution >= 4 is 29.3 Å². The summed E-state index contributed by atoms with van der Waals surface area (Å²) in [4.78, 5) is 29.6. The number of rotatable bonds is 4. The van der Waals surface area contributed by atoms with Gasteiger partial charge in [0.15, 0.2) is 4.75 Å². The van der Waals surface area contributed by atoms with Crippen LogP contribution < -0.4 is 10.2 Å². The Hall–Kier alpha value is -1.53. The van der Waals surface area contributed by atoms with E-state index in [2.05, 4.69) is 5.32 Å². The van der Waals surface area contributed by atoms with Crippen molar-refractivity contribution < 1.29 is 9.59 Å². The zero-order chi connectivity index (χ0) is 15.6. The molecule has 21 heavy (non-hydrogen) atoms. The van der Waals surface area contributed by atoms with Gasteiger partial charge < -0.3 is 15.1 Å². The van der Waals surface area contributed by atoms with E-state index in [0.29, 0.717) is 6.54 Å². The topological polar surface area (TPSA) is 52.7 Å². The lowest BCUT2D eigenvalue weighted by atomic mass is 10.1. The number of carbonyl (C=O) groups excluding carboxylic acids is 2. The molecule has 0 aromatic heterocycles. The number of amides is 2. The molecule has 0 saturated heterocycles. The van der Waals surface area contributed by atoms with Crippen LogP contribution in [-0.2, 0) is 9.59 Å². The van der Waals surface area contributed by atoms with Gasteiger partial charge in [-0.1, -0.05) is 23.9 Å². The van der Waals surface area contributed by atoms with Gasteiger partial charge in [0.25, 0.3) is 5.91 Å². The van der Waals surface area contributed by atoms with Gasteiger partial charge in [-0.25, -0.2) is 0 Å². The van der Waals surface area contributed by atoms with Crippen LogP contribution in [0.3, 0.4) is 0 Å². The monoisotopic (exact) mass is 307 g/mol. The molecule has 5 nitrogen and oxygen atoms in total. The Morgan fingerprint density at radius 1 is 1.38 bits per heavy atom. The van der Waals surface area contributed by atoms with E-state index in [1.165, 1.54) is 11.8 Å². The first-order valence-electron chi connectivity index (χ1n) is 6.85. The molecular formula is C15H21N3O2S. The number of anilines is 1. The number of hydrogen-bond acceptors (Lipinski definition) is 4. The summed E-state index contributed by atoms with van der Waals surface area (Å²) in [5, 5.41) is 2.86. The highest BCUT2D eigenvalue weighted by atomic mass is 32.2. The zero-order valence-corrected chi connectivity index (χ0v) is 13.7. The Morgan fingerprint density at radius 3 is 2.71 bits per heavy atom. The summed E-state index contributed by atoms with van der Waals surface area (Å²) in [5.41, 5.74) is 0.853. The highest BCUT2D eigenvalue weighted by Crippen LogP contribution is 2.44. The lowest BCUT2D eigenvalue weighted by molar-refractivity contribution is -0.131. The summed E-state index contributed by atoms with van der Waals surface area (Å²) >= 11 is 1.32. The van der Waals surface area contributed by atoms with E-state index >= 15 is 0 Å². The molecule has 6 heteroatoms. The Bertz CT molecular complexity index is 562. The van der Waals surface area contributed by atoms with Gasteiger partial charge in [0.1, 0.15) is 0 Å². The van der Waals surface area contributed by atoms with Crippen molar-refractivity contribution in [3.05, 3.63) is 24.3 Å². The average molecular weight is 307 g/mol. The summed E-state index contributed by atoms with van der Waals surface area (Å²) in [6, 6.07) is 7.64. The SMILES string of the molecule is CN(C)CCNC(=O)C1(C)Sc2ccccc2N(C)C1=O. The molecule has 0 radical (unpaired) electrons. The van der Waals surface area contributed by atoms with Crippen LogP contribution in [0.2, 0.25) is 0 Å². The number of fused-ring (bicyclic) bond motifs is 1. The minimum absolute atomic E-state index is 0.187. The first-order valence-corrected chi connectivity index (χ1v) is 7.67. The third-order valence-corrected chi connectivity index (χ3v) is 4.86. The Labute approximate surface area is 129 Å². The van der Waals surface area contributed by atoms with Gasteiger partial charge in [-0.15, -0.1) is 0 Å². The number of benzene rings is 1. The zero-order valence-electron chi connectivity index (χ0n) is 12.8. The van der Waals surface area contributed by atoms with Gasteiger partial charge in [0, 0.05) is 25.0 Å². The molecule has 0 spiro atoms. The fourth-order valence-electron chi connectivity index (χ4n) is 2.22. The standard InChI is InChI=1S/C15H21N3O2S/c1-15(13(19)16-9-10-17(2)3)14(20)18(4)11-7-5-6-8-12(11)21-15/h5-8H,9-10H2,1-4H3,(H,16,19). The van der Waals surface area contributed by atoms with Crippen LogP contribution in [0.15, 0.2) is 29.2 Å². The highest BCUT2D eigenvalue weighted by molar-refractivity contribution is 8.02. The number of nitrogens with zero attached hydrogens (tertiary/aromatic N) is 2. The van der Waals surface area contributed by atoms with Crippen LogP contribution in [0.4, 0.5) is 5.69 Å². The number of nitrogens with one attached hydrogen (secondary N) is 1. The van der Waals surface area contributed by atoms with Gasteiger partial charge in [-0.05, 0) is 33.2 Å². The van der Waals surface area contributed by atoms with Crippen molar-refractivity contribution in [1.82, 2.24) is 10.2 Å². The maximum Gasteiger partial charge on any atom is 0.252 e. The van der Waals surface area contributed by atoms with Crippen LogP contribution in [0, 0.1) is 0 Å². The molecule has 2 amide bonds. The molecule has 1 heterocycles. The lowest BCUT2D eigenvalue weighted by Gasteiger charge is -2.37. The van der Waals surface area contributed by atoms with Crippen molar-refractivity contribution in [3.8, 4) is 0 Å². The smallest absolute Gasteiger partial charge is 0.252 e. The molecule has 1 unspecified atom stereocenters. The molecule has 0 fully saturated rings. The van der Waals surface area contributed by atoms with Crippen LogP contribution in [0.1, 0.15) is 6.92 Å². The van der Waals surface area contributed by atoms with Crippen LogP contribution in [0.25, 0.3) is 0 Å². The Balaban J connectivity index is 2.19. The number of likely N-dealkylation sites (N-methyl/N-ethyl adjacent to an activating group) is 1. The quantitative estimate of drug-likeness (QED) is 0.849. The second-order valence-electron chi connectivity index (χ2n) is 5.53. The van der Waals surface area contributed by atoms with Crippen LogP contribution >= 0.6 is 11.8 Å². The maximum absolute atomic E-state index is 12.6. The van der Waals surface area contributed by atoms with E-state index in [1.54, 1.807) is 18.9 Å². The van der Waals surface area contributed by atoms with Gasteiger partial charge >= 0.3 is 0 Å². The summed E-state index contributed by atoms with van der Waals surface area (Å²) in [7, 11) is 5.60. The van der Waals surface area contributed by atoms with Gasteiger partial charge in [0.05, 0.1) is 5.69 Å². The summed E-state index contributed by atoms with van der Waals surface area (Å²) in [6.07, 6.45) is 0. The molecular weight excluding hydrogens is 286 g/mol. The predicted molar refractivity (Wildman–Crippen MR) is 85.7 cm³/mol. The van der Waals surface area contributed by atoms with Gasteiger partial charge in [-0.2, -0.15) is 0 Å². The molecule has 1 aromatic carbocycles. The van der Waals surface area contributed by atoms with Crippen molar-refractivity contribution in [2.75, 3.05) is 39.1 Å². The molecule has 2 rings (SSSR count). The lowest BCUT2D eigenvalue weighted by Crippen LogP contribution is -2.56. The second-order valence-corrected chi connectivity index (χ2v) is 6.99. The summed E-state index contributed by atoms with van der Waals surface area (Å²) in [5.74, 6) is -0.422. The second kappa shape index (κ2) is 6.07. The van der Waals surface area contributed by atoms with Crippen LogP contribution in [-0.4, -0.2) is 55.7 Å². The number of hydrogen-bond donors (Lipinski definition) is 1. The molecule has 1 N–H and O–H groups in total. The molecule has 0 bridgehead atoms. The van der Waals surface area contributed by atoms with Crippen molar-refractivity contribution in [2.45, 2.75) is 16.6 Å². The maximum atomic E-state index is 12.6. The third kappa shape index (κ3) is 3.06. The molecule has 1 aliphatic heterocycles. The van der Waals surface area contributed by atoms with E-state index in [9.17, 15) is 9.59 Å². The Kier molecular flexibility index (Phi) is 4.58. The van der Waals surface area contributed by atoms with E-state index in [1.807, 2.05) is 43.3 Å². The van der Waals surface area contributed by atoms with Crippen molar-refractivity contribution in [3.63, 3.8) is 0 Å². The number of carbonyl (C=O) groups is 2. The molecule has 1 aromatic rings. The number of para-hydroxylation sites is 1. The first-order chi connectivity index (χ1) is 9.86. The predicted octanol–water partition coefficient (Wildman–Crippen LogP) is 1.19. The third-order valence-electron chi connectivity index (χ3n) is 3.53. The summed E-state index contributed by atoms with van der Waals surface area (Å²) in [6.45, 7) is 2.96. The Morgan fingerprint density at radius 2 is 2.05 bits per heavy atom. The van der Waals surface area contributed by atoms with Crippen molar-refractivity contribution in [2.24, 2.45) is 0 Å². The first kappa shape index (κ1) is 15.9. The largest absolute Gasteiger partial charge is 0.353 e. The summed E-state index contributed by atoms with van der Waals surface area (Å²) < 4.78 is -1.12. The van der Waals surface area contributed by atoms with E-state index in [4.69, 9.17) is 0 Å². The van der Waals surface area contributed by atoms with Gasteiger partial charge in [0.2, 0.25) is 5.91 Å². The van der Waals surface area contributed by atoms with Gasteiger partial charge in [-0.3, -0.25) is 9.59 Å². The molecule has 114 valence electrons. The molecule has 1 atom stereocenters. The fourth-order valence-corrected chi connectivity index (χ4v) is 3.50. The highest BCUT2D eigenvalue weighted by Gasteiger charge is 2.48. The minimum atomic E-state index is -1.12. The van der Waals surface area contributed by atoms with Crippen LogP contribution in [0.5, 0.6) is 0 Å². The molecule has 0 aliphatic carbocycles. The molecule has 1 aliphatic rings. The number of thioether (sulfide) groups is 1. The normalized spacial score (nSPS) is 21.4. The van der Waals surface area contributed by atoms with E-state index in [0.717, 1.165) is 17.1 Å². The van der Waals surface area contributed by atoms with E-state index in [-0.39, 0.29) is 11.8 Å². The van der Waals surface area contributed by atoms with Crippen molar-refractivity contribution in [1.29, 1.82) is 0 Å².